The number of nitrogens with one attached hydrogen (secondary N) is 1. The van der Waals surface area contributed by atoms with Gasteiger partial charge in [0, 0.05) is 4.92 Å². The molecule has 2 aromatic rings. The normalized spacial score (nSPS) is 23.6. The predicted octanol–water partition coefficient (Wildman–Crippen LogP) is 2.56. The molecule has 0 unspecified atom stereocenters. The third kappa shape index (κ3) is 3.07. The number of carbonyl (C=O) groups excluding carboxylic acids is 1. The van der Waals surface area contributed by atoms with Crippen molar-refractivity contribution in [3.63, 3.8) is 0 Å². The van der Waals surface area contributed by atoms with E-state index < -0.39 is 35.1 Å². The number of nitro groups is 1. The Balaban J connectivity index is 2.08. The van der Waals surface area contributed by atoms with Crippen molar-refractivity contribution >= 4 is 5.91 Å². The standard InChI is InChI=1S/C15H12F3N3O4/c16-15(17,18)13-12(21(23)24)11(9-5-2-1-3-6-9)20(19-13)14(22)10-7-4-8-25-10/h1-8,11-13,19H/t11-,12+,13+/m0/s1. The zero-order valence-electron chi connectivity index (χ0n) is 12.5. The van der Waals surface area contributed by atoms with Gasteiger partial charge in [0.05, 0.1) is 6.26 Å². The second-order valence-corrected chi connectivity index (χ2v) is 5.43. The van der Waals surface area contributed by atoms with E-state index in [1.54, 1.807) is 6.07 Å². The summed E-state index contributed by atoms with van der Waals surface area (Å²) in [5.41, 5.74) is 2.17. The predicted molar refractivity (Wildman–Crippen MR) is 77.8 cm³/mol. The first-order chi connectivity index (χ1) is 11.8. The first kappa shape index (κ1) is 17.0. The second kappa shape index (κ2) is 6.20. The molecule has 25 heavy (non-hydrogen) atoms. The van der Waals surface area contributed by atoms with Gasteiger partial charge in [0.25, 0.3) is 6.04 Å². The van der Waals surface area contributed by atoms with Crippen molar-refractivity contribution in [2.45, 2.75) is 24.3 Å². The van der Waals surface area contributed by atoms with Crippen molar-refractivity contribution in [2.75, 3.05) is 0 Å². The highest BCUT2D eigenvalue weighted by molar-refractivity contribution is 5.91. The number of benzene rings is 1. The summed E-state index contributed by atoms with van der Waals surface area (Å²) in [6, 6.07) is 4.17. The molecule has 7 nitrogen and oxygen atoms in total. The highest BCUT2D eigenvalue weighted by Gasteiger charge is 2.62. The van der Waals surface area contributed by atoms with Gasteiger partial charge in [-0.25, -0.2) is 5.43 Å². The van der Waals surface area contributed by atoms with Crippen LogP contribution in [0, 0.1) is 10.1 Å². The number of halogens is 3. The van der Waals surface area contributed by atoms with Gasteiger partial charge in [-0.15, -0.1) is 0 Å². The van der Waals surface area contributed by atoms with Crippen LogP contribution in [0.3, 0.4) is 0 Å². The van der Waals surface area contributed by atoms with Crippen LogP contribution in [0.1, 0.15) is 22.2 Å². The van der Waals surface area contributed by atoms with E-state index >= 15 is 0 Å². The maximum atomic E-state index is 13.3. The first-order valence-electron chi connectivity index (χ1n) is 7.19. The minimum atomic E-state index is -4.91. The molecular formula is C15H12F3N3O4. The largest absolute Gasteiger partial charge is 0.459 e. The maximum absolute atomic E-state index is 13.3. The maximum Gasteiger partial charge on any atom is 0.412 e. The van der Waals surface area contributed by atoms with E-state index in [0.29, 0.717) is 5.01 Å². The molecule has 10 heteroatoms. The van der Waals surface area contributed by atoms with Crippen LogP contribution in [0.2, 0.25) is 0 Å². The Labute approximate surface area is 139 Å². The lowest BCUT2D eigenvalue weighted by molar-refractivity contribution is -0.534. The van der Waals surface area contributed by atoms with Gasteiger partial charge < -0.3 is 4.42 Å². The Morgan fingerprint density at radius 2 is 1.88 bits per heavy atom. The zero-order chi connectivity index (χ0) is 18.2. The smallest absolute Gasteiger partial charge is 0.412 e. The monoisotopic (exact) mass is 355 g/mol. The lowest BCUT2D eigenvalue weighted by Gasteiger charge is -2.23. The van der Waals surface area contributed by atoms with E-state index in [4.69, 9.17) is 4.42 Å². The molecule has 1 aliphatic rings. The highest BCUT2D eigenvalue weighted by atomic mass is 19.4. The van der Waals surface area contributed by atoms with Crippen molar-refractivity contribution in [3.8, 4) is 0 Å². The number of carbonyl (C=O) groups is 1. The van der Waals surface area contributed by atoms with Crippen LogP contribution in [0.15, 0.2) is 53.1 Å². The van der Waals surface area contributed by atoms with Gasteiger partial charge >= 0.3 is 12.1 Å². The fourth-order valence-electron chi connectivity index (χ4n) is 2.85. The number of alkyl halides is 3. The molecule has 1 amide bonds. The molecule has 0 radical (unpaired) electrons. The van der Waals surface area contributed by atoms with Crippen molar-refractivity contribution in [1.82, 2.24) is 10.4 Å². The molecule has 1 aromatic carbocycles. The minimum absolute atomic E-state index is 0.211. The highest BCUT2D eigenvalue weighted by Crippen LogP contribution is 2.39. The fourth-order valence-corrected chi connectivity index (χ4v) is 2.85. The molecule has 1 aromatic heterocycles. The first-order valence-corrected chi connectivity index (χ1v) is 7.19. The van der Waals surface area contributed by atoms with E-state index in [0.717, 1.165) is 0 Å². The van der Waals surface area contributed by atoms with Crippen LogP contribution in [0.5, 0.6) is 0 Å². The number of hydrogen-bond acceptors (Lipinski definition) is 5. The van der Waals surface area contributed by atoms with Gasteiger partial charge in [-0.3, -0.25) is 19.9 Å². The topological polar surface area (TPSA) is 88.6 Å². The number of hydrogen-bond donors (Lipinski definition) is 1. The lowest BCUT2D eigenvalue weighted by atomic mass is 9.96. The second-order valence-electron chi connectivity index (χ2n) is 5.43. The molecule has 0 bridgehead atoms. The summed E-state index contributed by atoms with van der Waals surface area (Å²) in [6.45, 7) is 0. The van der Waals surface area contributed by atoms with Crippen molar-refractivity contribution < 1.29 is 27.3 Å². The van der Waals surface area contributed by atoms with Gasteiger partial charge in [-0.05, 0) is 17.7 Å². The molecular weight excluding hydrogens is 343 g/mol. The Kier molecular flexibility index (Phi) is 4.21. The van der Waals surface area contributed by atoms with Crippen LogP contribution >= 0.6 is 0 Å². The summed E-state index contributed by atoms with van der Waals surface area (Å²) < 4.78 is 44.9. The number of hydrazine groups is 1. The van der Waals surface area contributed by atoms with Gasteiger partial charge in [0.1, 0.15) is 6.04 Å². The van der Waals surface area contributed by atoms with Crippen LogP contribution in [0.4, 0.5) is 13.2 Å². The van der Waals surface area contributed by atoms with Crippen LogP contribution in [-0.4, -0.2) is 34.1 Å². The Morgan fingerprint density at radius 3 is 2.40 bits per heavy atom. The van der Waals surface area contributed by atoms with Crippen LogP contribution in [-0.2, 0) is 0 Å². The summed E-state index contributed by atoms with van der Waals surface area (Å²) in [4.78, 5) is 22.9. The molecule has 1 N–H and O–H groups in total. The Hall–Kier alpha value is -2.88. The molecule has 0 spiro atoms. The number of amides is 1. The molecule has 1 saturated heterocycles. The van der Waals surface area contributed by atoms with Crippen molar-refractivity contribution in [3.05, 3.63) is 70.2 Å². The van der Waals surface area contributed by atoms with Gasteiger partial charge in [0.2, 0.25) is 0 Å². The fraction of sp³-hybridized carbons (Fsp3) is 0.267. The Morgan fingerprint density at radius 1 is 1.20 bits per heavy atom. The third-order valence-corrected chi connectivity index (χ3v) is 3.91. The van der Waals surface area contributed by atoms with Gasteiger partial charge in [-0.2, -0.15) is 13.2 Å². The van der Waals surface area contributed by atoms with Crippen LogP contribution in [0.25, 0.3) is 0 Å². The lowest BCUT2D eigenvalue weighted by Crippen LogP contribution is -2.49. The number of nitrogens with zero attached hydrogens (tertiary/aromatic N) is 2. The van der Waals surface area contributed by atoms with E-state index in [1.807, 2.05) is 5.43 Å². The van der Waals surface area contributed by atoms with Crippen LogP contribution < -0.4 is 5.43 Å². The molecule has 2 heterocycles. The number of furan rings is 1. The molecule has 132 valence electrons. The van der Waals surface area contributed by atoms with E-state index in [-0.39, 0.29) is 11.3 Å². The summed E-state index contributed by atoms with van der Waals surface area (Å²) in [7, 11) is 0. The molecule has 3 rings (SSSR count). The molecule has 3 atom stereocenters. The Bertz CT molecular complexity index is 764. The van der Waals surface area contributed by atoms with Crippen molar-refractivity contribution in [2.24, 2.45) is 0 Å². The minimum Gasteiger partial charge on any atom is -0.459 e. The summed E-state index contributed by atoms with van der Waals surface area (Å²) in [5.74, 6) is -1.14. The quantitative estimate of drug-likeness (QED) is 0.675. The molecule has 1 aliphatic heterocycles. The molecule has 0 saturated carbocycles. The average Bonchev–Trinajstić information content (AvgIpc) is 3.22. The summed E-state index contributed by atoms with van der Waals surface area (Å²) in [6.07, 6.45) is -3.73. The number of rotatable bonds is 3. The molecule has 1 fully saturated rings. The average molecular weight is 355 g/mol. The SMILES string of the molecule is O=C(c1ccco1)N1N[C@@H](C(F)(F)F)[C@H]([N+](=O)[O-])[C@@H]1c1ccccc1. The van der Waals surface area contributed by atoms with E-state index in [2.05, 4.69) is 0 Å². The zero-order valence-corrected chi connectivity index (χ0v) is 12.5. The van der Waals surface area contributed by atoms with E-state index in [9.17, 15) is 28.1 Å². The summed E-state index contributed by atoms with van der Waals surface area (Å²) in [5, 5.41) is 12.0. The summed E-state index contributed by atoms with van der Waals surface area (Å²) >= 11 is 0. The van der Waals surface area contributed by atoms with Gasteiger partial charge in [-0.1, -0.05) is 30.3 Å². The van der Waals surface area contributed by atoms with Crippen molar-refractivity contribution in [1.29, 1.82) is 0 Å². The van der Waals surface area contributed by atoms with E-state index in [1.165, 1.54) is 42.7 Å². The van der Waals surface area contributed by atoms with Gasteiger partial charge in [0.15, 0.2) is 11.8 Å². The third-order valence-electron chi connectivity index (χ3n) is 3.91. The molecule has 0 aliphatic carbocycles.